The Kier molecular flexibility index (Phi) is 3.96. The molecule has 2 heterocycles. The second-order valence-corrected chi connectivity index (χ2v) is 7.49. The van der Waals surface area contributed by atoms with Crippen LogP contribution in [0.4, 0.5) is 0 Å². The van der Waals surface area contributed by atoms with E-state index < -0.39 is 0 Å². The summed E-state index contributed by atoms with van der Waals surface area (Å²) in [5.41, 5.74) is -0.320. The van der Waals surface area contributed by atoms with E-state index in [0.29, 0.717) is 16.6 Å². The minimum atomic E-state index is -0.177. The predicted octanol–water partition coefficient (Wildman–Crippen LogP) is 4.04. The van der Waals surface area contributed by atoms with Crippen LogP contribution in [0, 0.1) is 0 Å². The highest BCUT2D eigenvalue weighted by Gasteiger charge is 2.22. The highest BCUT2D eigenvalue weighted by molar-refractivity contribution is 7.24. The molecule has 1 saturated carbocycles. The van der Waals surface area contributed by atoms with E-state index in [-0.39, 0.29) is 22.4 Å². The Bertz CT molecular complexity index is 1030. The molecular weight excluding hydrogens is 320 g/mol. The lowest BCUT2D eigenvalue weighted by molar-refractivity contribution is 0.337. The van der Waals surface area contributed by atoms with Crippen molar-refractivity contribution in [2.24, 2.45) is 0 Å². The monoisotopic (exact) mass is 340 g/mol. The third kappa shape index (κ3) is 2.38. The maximum absolute atomic E-state index is 13.2. The van der Waals surface area contributed by atoms with Gasteiger partial charge in [0.1, 0.15) is 16.0 Å². The molecule has 2 aromatic heterocycles. The minimum Gasteiger partial charge on any atom is -0.293 e. The Morgan fingerprint density at radius 1 is 1.17 bits per heavy atom. The largest absolute Gasteiger partial charge is 0.293 e. The molecule has 4 nitrogen and oxygen atoms in total. The molecule has 0 amide bonds. The number of benzene rings is 1. The van der Waals surface area contributed by atoms with E-state index in [1.165, 1.54) is 17.8 Å². The molecule has 0 atom stereocenters. The molecule has 4 rings (SSSR count). The molecule has 0 bridgehead atoms. The van der Waals surface area contributed by atoms with Gasteiger partial charge in [-0.05, 0) is 25.0 Å². The SMILES string of the molecule is CCc1nc2sc3ccccc3c(=O)c2c(=O)n1C1CCCCC1. The fourth-order valence-corrected chi connectivity index (χ4v) is 4.83. The minimum absolute atomic E-state index is 0.143. The number of aryl methyl sites for hydroxylation is 1. The van der Waals surface area contributed by atoms with Gasteiger partial charge in [0.25, 0.3) is 5.56 Å². The van der Waals surface area contributed by atoms with Gasteiger partial charge in [-0.3, -0.25) is 14.2 Å². The fraction of sp³-hybridized carbons (Fsp3) is 0.421. The Morgan fingerprint density at radius 3 is 2.67 bits per heavy atom. The normalized spacial score (nSPS) is 16.0. The summed E-state index contributed by atoms with van der Waals surface area (Å²) in [6, 6.07) is 7.66. The number of hydrogen-bond acceptors (Lipinski definition) is 4. The zero-order chi connectivity index (χ0) is 16.7. The molecule has 3 aromatic rings. The van der Waals surface area contributed by atoms with Crippen molar-refractivity contribution in [3.63, 3.8) is 0 Å². The summed E-state index contributed by atoms with van der Waals surface area (Å²) in [4.78, 5) is 31.4. The number of aromatic nitrogens is 2. The Hall–Kier alpha value is -2.01. The molecule has 0 aliphatic heterocycles. The van der Waals surface area contributed by atoms with E-state index in [0.717, 1.165) is 36.2 Å². The van der Waals surface area contributed by atoms with Crippen molar-refractivity contribution in [1.82, 2.24) is 9.55 Å². The van der Waals surface area contributed by atoms with Gasteiger partial charge in [0, 0.05) is 22.5 Å². The van der Waals surface area contributed by atoms with Gasteiger partial charge in [-0.25, -0.2) is 4.98 Å². The van der Waals surface area contributed by atoms with E-state index in [4.69, 9.17) is 4.98 Å². The van der Waals surface area contributed by atoms with Crippen molar-refractivity contribution in [3.8, 4) is 0 Å². The highest BCUT2D eigenvalue weighted by atomic mass is 32.1. The standard InChI is InChI=1S/C19H20N2O2S/c1-2-15-20-18-16(17(22)13-10-6-7-11-14(13)24-18)19(23)21(15)12-8-4-3-5-9-12/h6-7,10-12H,2-5,8-9H2,1H3. The lowest BCUT2D eigenvalue weighted by Gasteiger charge is -2.26. The number of hydrogen-bond donors (Lipinski definition) is 0. The predicted molar refractivity (Wildman–Crippen MR) is 99.2 cm³/mol. The van der Waals surface area contributed by atoms with Crippen LogP contribution in [0.25, 0.3) is 20.3 Å². The van der Waals surface area contributed by atoms with Crippen molar-refractivity contribution in [2.75, 3.05) is 0 Å². The van der Waals surface area contributed by atoms with Gasteiger partial charge in [-0.15, -0.1) is 11.3 Å². The lowest BCUT2D eigenvalue weighted by atomic mass is 9.95. The van der Waals surface area contributed by atoms with Gasteiger partial charge >= 0.3 is 0 Å². The molecule has 5 heteroatoms. The van der Waals surface area contributed by atoms with Crippen LogP contribution in [-0.2, 0) is 6.42 Å². The molecule has 1 aliphatic rings. The average molecular weight is 340 g/mol. The quantitative estimate of drug-likeness (QED) is 0.662. The number of nitrogens with zero attached hydrogens (tertiary/aromatic N) is 2. The van der Waals surface area contributed by atoms with Crippen LogP contribution in [0.3, 0.4) is 0 Å². The molecule has 0 saturated heterocycles. The second kappa shape index (κ2) is 6.13. The van der Waals surface area contributed by atoms with Crippen LogP contribution in [0.15, 0.2) is 33.9 Å². The Balaban J connectivity index is 2.08. The molecule has 1 aromatic carbocycles. The zero-order valence-electron chi connectivity index (χ0n) is 13.7. The molecular formula is C19H20N2O2S. The summed E-state index contributed by atoms with van der Waals surface area (Å²) in [5, 5.41) is 0.884. The highest BCUT2D eigenvalue weighted by Crippen LogP contribution is 2.29. The Labute approximate surface area is 143 Å². The third-order valence-electron chi connectivity index (χ3n) is 4.98. The first-order chi connectivity index (χ1) is 11.7. The first-order valence-electron chi connectivity index (χ1n) is 8.67. The van der Waals surface area contributed by atoms with Crippen LogP contribution in [-0.4, -0.2) is 9.55 Å². The fourth-order valence-electron chi connectivity index (χ4n) is 3.77. The van der Waals surface area contributed by atoms with Gasteiger partial charge < -0.3 is 0 Å². The van der Waals surface area contributed by atoms with Crippen molar-refractivity contribution < 1.29 is 0 Å². The molecule has 24 heavy (non-hydrogen) atoms. The second-order valence-electron chi connectivity index (χ2n) is 6.46. The molecule has 0 unspecified atom stereocenters. The molecule has 124 valence electrons. The maximum atomic E-state index is 13.2. The van der Waals surface area contributed by atoms with Gasteiger partial charge in [-0.2, -0.15) is 0 Å². The van der Waals surface area contributed by atoms with Crippen molar-refractivity contribution >= 4 is 31.6 Å². The average Bonchev–Trinajstić information content (AvgIpc) is 2.62. The van der Waals surface area contributed by atoms with Crippen LogP contribution in [0.2, 0.25) is 0 Å². The first kappa shape index (κ1) is 15.5. The van der Waals surface area contributed by atoms with Crippen molar-refractivity contribution in [2.45, 2.75) is 51.5 Å². The summed E-state index contributed by atoms with van der Waals surface area (Å²) in [5.74, 6) is 0.810. The van der Waals surface area contributed by atoms with Gasteiger partial charge in [0.2, 0.25) is 5.43 Å². The van der Waals surface area contributed by atoms with E-state index in [2.05, 4.69) is 0 Å². The van der Waals surface area contributed by atoms with E-state index >= 15 is 0 Å². The van der Waals surface area contributed by atoms with E-state index in [9.17, 15) is 9.59 Å². The first-order valence-corrected chi connectivity index (χ1v) is 9.49. The lowest BCUT2D eigenvalue weighted by Crippen LogP contribution is -2.32. The van der Waals surface area contributed by atoms with Crippen LogP contribution < -0.4 is 11.0 Å². The van der Waals surface area contributed by atoms with Gasteiger partial charge in [0.15, 0.2) is 0 Å². The molecule has 0 N–H and O–H groups in total. The molecule has 0 radical (unpaired) electrons. The summed E-state index contributed by atoms with van der Waals surface area (Å²) in [6.07, 6.45) is 6.23. The van der Waals surface area contributed by atoms with Crippen LogP contribution >= 0.6 is 11.3 Å². The number of fused-ring (bicyclic) bond motifs is 2. The van der Waals surface area contributed by atoms with E-state index in [1.54, 1.807) is 6.07 Å². The molecule has 1 fully saturated rings. The Morgan fingerprint density at radius 2 is 1.92 bits per heavy atom. The van der Waals surface area contributed by atoms with Gasteiger partial charge in [-0.1, -0.05) is 38.3 Å². The number of rotatable bonds is 2. The molecule has 0 spiro atoms. The summed E-state index contributed by atoms with van der Waals surface area (Å²) >= 11 is 1.44. The van der Waals surface area contributed by atoms with Crippen molar-refractivity contribution in [1.29, 1.82) is 0 Å². The van der Waals surface area contributed by atoms with Crippen LogP contribution in [0.1, 0.15) is 50.9 Å². The summed E-state index contributed by atoms with van der Waals surface area (Å²) in [7, 11) is 0. The molecule has 1 aliphatic carbocycles. The maximum Gasteiger partial charge on any atom is 0.266 e. The zero-order valence-corrected chi connectivity index (χ0v) is 14.6. The van der Waals surface area contributed by atoms with Crippen molar-refractivity contribution in [3.05, 3.63) is 50.7 Å². The summed E-state index contributed by atoms with van der Waals surface area (Å²) < 4.78 is 2.71. The topological polar surface area (TPSA) is 52.0 Å². The van der Waals surface area contributed by atoms with E-state index in [1.807, 2.05) is 29.7 Å². The smallest absolute Gasteiger partial charge is 0.266 e. The van der Waals surface area contributed by atoms with Gasteiger partial charge in [0.05, 0.1) is 0 Å². The summed E-state index contributed by atoms with van der Waals surface area (Å²) in [6.45, 7) is 2.02. The third-order valence-corrected chi connectivity index (χ3v) is 6.04. The van der Waals surface area contributed by atoms with Crippen LogP contribution in [0.5, 0.6) is 0 Å².